The van der Waals surface area contributed by atoms with Gasteiger partial charge in [-0.15, -0.1) is 0 Å². The maximum Gasteiger partial charge on any atom is 0.258 e. The fourth-order valence-corrected chi connectivity index (χ4v) is 4.72. The molecule has 1 atom stereocenters. The van der Waals surface area contributed by atoms with Gasteiger partial charge in [-0.05, 0) is 69.7 Å². The second kappa shape index (κ2) is 11.2. The van der Waals surface area contributed by atoms with E-state index in [2.05, 4.69) is 32.5 Å². The number of benzene rings is 2. The largest absolute Gasteiger partial charge is 0.484 e. The van der Waals surface area contributed by atoms with Gasteiger partial charge in [-0.3, -0.25) is 4.79 Å². The first kappa shape index (κ1) is 25.0. The Hall–Kier alpha value is -3.62. The zero-order valence-corrected chi connectivity index (χ0v) is 21.8. The molecule has 0 spiro atoms. The third-order valence-electron chi connectivity index (χ3n) is 6.71. The van der Waals surface area contributed by atoms with Gasteiger partial charge in [-0.2, -0.15) is 0 Å². The van der Waals surface area contributed by atoms with Crippen molar-refractivity contribution in [3.05, 3.63) is 71.4 Å². The number of ether oxygens (including phenoxy) is 1. The predicted octanol–water partition coefficient (Wildman–Crippen LogP) is 5.04. The van der Waals surface area contributed by atoms with Crippen molar-refractivity contribution < 1.29 is 9.53 Å². The minimum atomic E-state index is -0.176. The molecule has 4 aromatic rings. The molecule has 0 aliphatic carbocycles. The summed E-state index contributed by atoms with van der Waals surface area (Å²) in [5, 5.41) is 7.12. The van der Waals surface area contributed by atoms with Crippen molar-refractivity contribution in [3.8, 4) is 17.1 Å². The van der Waals surface area contributed by atoms with Gasteiger partial charge < -0.3 is 25.3 Å². The van der Waals surface area contributed by atoms with Crippen LogP contribution in [0.25, 0.3) is 22.6 Å². The molecule has 8 nitrogen and oxygen atoms in total. The van der Waals surface area contributed by atoms with Crippen molar-refractivity contribution in [2.75, 3.05) is 32.1 Å². The van der Waals surface area contributed by atoms with Crippen LogP contribution < -0.4 is 15.4 Å². The molecule has 0 bridgehead atoms. The topological polar surface area (TPSA) is 95.2 Å². The fourth-order valence-electron chi connectivity index (χ4n) is 4.53. The summed E-state index contributed by atoms with van der Waals surface area (Å²) < 4.78 is 5.70. The lowest BCUT2D eigenvalue weighted by molar-refractivity contribution is -0.123. The Morgan fingerprint density at radius 1 is 1.16 bits per heavy atom. The lowest BCUT2D eigenvalue weighted by Crippen LogP contribution is -2.36. The Morgan fingerprint density at radius 2 is 1.89 bits per heavy atom. The first-order chi connectivity index (χ1) is 18.0. The molecule has 5 rings (SSSR count). The first-order valence-corrected chi connectivity index (χ1v) is 12.9. The number of nitrogens with one attached hydrogen (secondary N) is 3. The highest BCUT2D eigenvalue weighted by Crippen LogP contribution is 2.32. The van der Waals surface area contributed by atoms with Gasteiger partial charge in [0.05, 0.1) is 22.9 Å². The molecule has 9 heteroatoms. The minimum Gasteiger partial charge on any atom is -0.484 e. The van der Waals surface area contributed by atoms with Crippen LogP contribution in [-0.4, -0.2) is 58.5 Å². The number of hydrogen-bond donors (Lipinski definition) is 3. The van der Waals surface area contributed by atoms with Crippen LogP contribution in [0.1, 0.15) is 31.4 Å². The summed E-state index contributed by atoms with van der Waals surface area (Å²) in [5.74, 6) is 1.12. The quantitative estimate of drug-likeness (QED) is 0.302. The fraction of sp³-hybridized carbons (Fsp3) is 0.321. The summed E-state index contributed by atoms with van der Waals surface area (Å²) in [6, 6.07) is 17.6. The van der Waals surface area contributed by atoms with Crippen LogP contribution in [0.2, 0.25) is 5.02 Å². The lowest BCUT2D eigenvalue weighted by Gasteiger charge is -2.30. The number of likely N-dealkylation sites (tertiary alicyclic amines) is 1. The molecule has 1 fully saturated rings. The van der Waals surface area contributed by atoms with E-state index in [-0.39, 0.29) is 18.6 Å². The van der Waals surface area contributed by atoms with E-state index in [9.17, 15) is 4.79 Å². The number of anilines is 1. The van der Waals surface area contributed by atoms with Crippen molar-refractivity contribution in [2.24, 2.45) is 0 Å². The van der Waals surface area contributed by atoms with E-state index >= 15 is 0 Å². The SMILES string of the molecule is CC(NC(=O)COc1ccc(-c2nc3c(NC4CCN(C)CC4)c(Cl)cnc3[nH]2)cc1)c1ccccc1. The van der Waals surface area contributed by atoms with Gasteiger partial charge in [0.1, 0.15) is 17.1 Å². The second-order valence-corrected chi connectivity index (χ2v) is 9.91. The monoisotopic (exact) mass is 518 g/mol. The lowest BCUT2D eigenvalue weighted by atomic mass is 10.1. The van der Waals surface area contributed by atoms with Gasteiger partial charge in [-0.1, -0.05) is 41.9 Å². The zero-order valence-electron chi connectivity index (χ0n) is 21.0. The molecule has 3 heterocycles. The molecule has 2 aromatic carbocycles. The van der Waals surface area contributed by atoms with Crippen LogP contribution >= 0.6 is 11.6 Å². The summed E-state index contributed by atoms with van der Waals surface area (Å²) in [4.78, 5) is 27.2. The number of aromatic nitrogens is 3. The van der Waals surface area contributed by atoms with E-state index in [0.717, 1.165) is 48.3 Å². The first-order valence-electron chi connectivity index (χ1n) is 12.5. The number of H-pyrrole nitrogens is 1. The van der Waals surface area contributed by atoms with Crippen molar-refractivity contribution in [3.63, 3.8) is 0 Å². The number of rotatable bonds is 8. The number of carbonyl (C=O) groups excluding carboxylic acids is 1. The number of amides is 1. The Bertz CT molecular complexity index is 1350. The normalized spacial score (nSPS) is 15.4. The molecular weight excluding hydrogens is 488 g/mol. The second-order valence-electron chi connectivity index (χ2n) is 9.50. The summed E-state index contributed by atoms with van der Waals surface area (Å²) in [7, 11) is 2.14. The van der Waals surface area contributed by atoms with Gasteiger partial charge in [0.2, 0.25) is 0 Å². The average Bonchev–Trinajstić information content (AvgIpc) is 3.36. The van der Waals surface area contributed by atoms with Gasteiger partial charge in [0.25, 0.3) is 5.91 Å². The molecule has 1 unspecified atom stereocenters. The number of imidazole rings is 1. The number of hydrogen-bond acceptors (Lipinski definition) is 6. The summed E-state index contributed by atoms with van der Waals surface area (Å²) in [6.07, 6.45) is 3.76. The van der Waals surface area contributed by atoms with E-state index in [1.165, 1.54) is 0 Å². The van der Waals surface area contributed by atoms with Gasteiger partial charge in [-0.25, -0.2) is 9.97 Å². The maximum absolute atomic E-state index is 12.3. The molecule has 1 aliphatic rings. The molecule has 192 valence electrons. The van der Waals surface area contributed by atoms with Crippen LogP contribution in [0.5, 0.6) is 5.75 Å². The Kier molecular flexibility index (Phi) is 7.58. The van der Waals surface area contributed by atoms with Crippen molar-refractivity contribution >= 4 is 34.4 Å². The number of nitrogens with zero attached hydrogens (tertiary/aromatic N) is 3. The third-order valence-corrected chi connectivity index (χ3v) is 7.00. The highest BCUT2D eigenvalue weighted by molar-refractivity contribution is 6.34. The summed E-state index contributed by atoms with van der Waals surface area (Å²) in [6.45, 7) is 4.00. The van der Waals surface area contributed by atoms with Crippen molar-refractivity contribution in [1.29, 1.82) is 0 Å². The van der Waals surface area contributed by atoms with E-state index < -0.39 is 0 Å². The van der Waals surface area contributed by atoms with E-state index in [0.29, 0.717) is 28.3 Å². The van der Waals surface area contributed by atoms with Gasteiger partial charge in [0, 0.05) is 11.6 Å². The van der Waals surface area contributed by atoms with Crippen LogP contribution in [0.3, 0.4) is 0 Å². The highest BCUT2D eigenvalue weighted by atomic mass is 35.5. The Labute approximate surface area is 221 Å². The number of fused-ring (bicyclic) bond motifs is 1. The van der Waals surface area contributed by atoms with Crippen molar-refractivity contribution in [2.45, 2.75) is 31.8 Å². The number of piperidine rings is 1. The molecular formula is C28H31ClN6O2. The number of aromatic amines is 1. The summed E-state index contributed by atoms with van der Waals surface area (Å²) in [5.41, 5.74) is 4.16. The van der Waals surface area contributed by atoms with Crippen LogP contribution in [0.15, 0.2) is 60.8 Å². The summed E-state index contributed by atoms with van der Waals surface area (Å²) >= 11 is 6.52. The molecule has 3 N–H and O–H groups in total. The van der Waals surface area contributed by atoms with Crippen molar-refractivity contribution in [1.82, 2.24) is 25.2 Å². The molecule has 1 saturated heterocycles. The average molecular weight is 519 g/mol. The Morgan fingerprint density at radius 3 is 2.62 bits per heavy atom. The standard InChI is InChI=1S/C28H31ClN6O2/c1-18(19-6-4-3-5-7-19)31-24(36)17-37-22-10-8-20(9-11-22)27-33-26-25(23(29)16-30-28(26)34-27)32-21-12-14-35(2)15-13-21/h3-11,16,18,21H,12-15,17H2,1-2H3,(H,31,36)(H2,30,32,33,34). The van der Waals surface area contributed by atoms with Crippen LogP contribution in [0.4, 0.5) is 5.69 Å². The van der Waals surface area contributed by atoms with E-state index in [1.54, 1.807) is 6.20 Å². The molecule has 1 amide bonds. The third kappa shape index (κ3) is 6.03. The number of halogens is 1. The van der Waals surface area contributed by atoms with Crippen LogP contribution in [-0.2, 0) is 4.79 Å². The molecule has 2 aromatic heterocycles. The van der Waals surface area contributed by atoms with Crippen LogP contribution in [0, 0.1) is 0 Å². The molecule has 0 saturated carbocycles. The molecule has 1 aliphatic heterocycles. The van der Waals surface area contributed by atoms with E-state index in [4.69, 9.17) is 21.3 Å². The zero-order chi connectivity index (χ0) is 25.8. The number of pyridine rings is 1. The Balaban J connectivity index is 1.23. The maximum atomic E-state index is 12.3. The predicted molar refractivity (Wildman–Crippen MR) is 147 cm³/mol. The highest BCUT2D eigenvalue weighted by Gasteiger charge is 2.20. The number of carbonyl (C=O) groups is 1. The minimum absolute atomic E-state index is 0.0600. The van der Waals surface area contributed by atoms with E-state index in [1.807, 2.05) is 61.5 Å². The van der Waals surface area contributed by atoms with Gasteiger partial charge >= 0.3 is 0 Å². The molecule has 0 radical (unpaired) electrons. The smallest absolute Gasteiger partial charge is 0.258 e. The van der Waals surface area contributed by atoms with Gasteiger partial charge in [0.15, 0.2) is 12.3 Å². The molecule has 37 heavy (non-hydrogen) atoms.